The Kier molecular flexibility index (Phi) is 6.97. The zero-order chi connectivity index (χ0) is 27.9. The summed E-state index contributed by atoms with van der Waals surface area (Å²) < 4.78 is 61.5. The summed E-state index contributed by atoms with van der Waals surface area (Å²) in [6.07, 6.45) is -1.21. The lowest BCUT2D eigenvalue weighted by Crippen LogP contribution is -2.21. The number of halogens is 6. The number of aromatic amines is 1. The first-order chi connectivity index (χ1) is 17.8. The van der Waals surface area contributed by atoms with Crippen LogP contribution in [-0.4, -0.2) is 54.8 Å². The lowest BCUT2D eigenvalue weighted by molar-refractivity contribution is -0.192. The summed E-state index contributed by atoms with van der Waals surface area (Å²) >= 11 is 6.35. The molecule has 10 nitrogen and oxygen atoms in total. The van der Waals surface area contributed by atoms with Gasteiger partial charge in [0.2, 0.25) is 11.8 Å². The second-order valence-corrected chi connectivity index (χ2v) is 8.56. The molecule has 3 heterocycles. The molecule has 0 saturated heterocycles. The number of aromatic nitrogens is 4. The van der Waals surface area contributed by atoms with Crippen LogP contribution in [-0.2, 0) is 14.4 Å². The van der Waals surface area contributed by atoms with Crippen molar-refractivity contribution in [2.45, 2.75) is 25.7 Å². The molecule has 0 unspecified atom stereocenters. The van der Waals surface area contributed by atoms with E-state index in [0.717, 1.165) is 0 Å². The normalized spacial score (nSPS) is 16.6. The van der Waals surface area contributed by atoms with Gasteiger partial charge in [-0.05, 0) is 18.6 Å². The van der Waals surface area contributed by atoms with Crippen molar-refractivity contribution in [3.63, 3.8) is 0 Å². The summed E-state index contributed by atoms with van der Waals surface area (Å²) in [6, 6.07) is 3.39. The Morgan fingerprint density at radius 3 is 2.45 bits per heavy atom. The number of rotatable bonds is 4. The predicted octanol–water partition coefficient (Wildman–Crippen LogP) is 4.56. The highest BCUT2D eigenvalue weighted by Gasteiger charge is 2.43. The molecule has 0 spiro atoms. The zero-order valence-corrected chi connectivity index (χ0v) is 19.8. The van der Waals surface area contributed by atoms with Gasteiger partial charge in [-0.1, -0.05) is 11.6 Å². The number of fused-ring (bicyclic) bond motifs is 2. The molecular formula is C22H16ClF5N6O4. The fraction of sp³-hybridized carbons (Fsp3) is 0.227. The van der Waals surface area contributed by atoms with E-state index < -0.39 is 41.9 Å². The molecule has 1 saturated carbocycles. The van der Waals surface area contributed by atoms with Crippen LogP contribution in [0.4, 0.5) is 33.5 Å². The molecule has 3 aromatic heterocycles. The molecule has 0 bridgehead atoms. The Morgan fingerprint density at radius 1 is 1.21 bits per heavy atom. The molecular weight excluding hydrogens is 543 g/mol. The molecule has 1 aromatic carbocycles. The fourth-order valence-corrected chi connectivity index (χ4v) is 3.85. The molecule has 1 fully saturated rings. The van der Waals surface area contributed by atoms with Gasteiger partial charge in [0, 0.05) is 29.6 Å². The topological polar surface area (TPSA) is 141 Å². The minimum absolute atomic E-state index is 0.0753. The second kappa shape index (κ2) is 9.89. The number of carboxylic acids is 1. The van der Waals surface area contributed by atoms with Crippen molar-refractivity contribution in [2.24, 2.45) is 5.92 Å². The summed E-state index contributed by atoms with van der Waals surface area (Å²) in [5.74, 6) is -4.74. The third-order valence-electron chi connectivity index (χ3n) is 5.37. The number of hydrogen-bond acceptors (Lipinski definition) is 5. The van der Waals surface area contributed by atoms with E-state index in [9.17, 15) is 31.5 Å². The number of pyridine rings is 1. The molecule has 4 N–H and O–H groups in total. The van der Waals surface area contributed by atoms with Crippen LogP contribution >= 0.6 is 11.6 Å². The highest BCUT2D eigenvalue weighted by molar-refractivity contribution is 6.36. The van der Waals surface area contributed by atoms with Gasteiger partial charge in [0.15, 0.2) is 11.6 Å². The number of amides is 2. The van der Waals surface area contributed by atoms with E-state index in [1.54, 1.807) is 28.9 Å². The molecule has 5 rings (SSSR count). The van der Waals surface area contributed by atoms with Crippen molar-refractivity contribution in [1.82, 2.24) is 19.6 Å². The van der Waals surface area contributed by atoms with E-state index >= 15 is 0 Å². The average molecular weight is 559 g/mol. The summed E-state index contributed by atoms with van der Waals surface area (Å²) in [5.41, 5.74) is 1.71. The Balaban J connectivity index is 0.000000426. The Labute approximate surface area is 213 Å². The molecule has 38 heavy (non-hydrogen) atoms. The quantitative estimate of drug-likeness (QED) is 0.271. The van der Waals surface area contributed by atoms with E-state index in [0.29, 0.717) is 27.7 Å². The zero-order valence-electron chi connectivity index (χ0n) is 19.0. The number of imidazole rings is 1. The van der Waals surface area contributed by atoms with Crippen LogP contribution in [0, 0.1) is 11.7 Å². The first kappa shape index (κ1) is 26.8. The smallest absolute Gasteiger partial charge is 0.475 e. The predicted molar refractivity (Wildman–Crippen MR) is 125 cm³/mol. The third-order valence-corrected chi connectivity index (χ3v) is 5.73. The lowest BCUT2D eigenvalue weighted by atomic mass is 10.0. The van der Waals surface area contributed by atoms with Gasteiger partial charge in [0.25, 0.3) is 0 Å². The SMILES string of the molecule is CC(=O)Nc1c(F)c(Cl)c(-c2ccc3nc(NC(=O)[C@@H]4C[C@@H]4F)cn3c2)c2cn[nH]c12.O=C(O)C(F)(F)F. The molecule has 2 amide bonds. The maximum atomic E-state index is 15.0. The van der Waals surface area contributed by atoms with Gasteiger partial charge < -0.3 is 20.1 Å². The highest BCUT2D eigenvalue weighted by Crippen LogP contribution is 2.41. The Hall–Kier alpha value is -4.27. The maximum Gasteiger partial charge on any atom is 0.490 e. The monoisotopic (exact) mass is 558 g/mol. The Morgan fingerprint density at radius 2 is 1.87 bits per heavy atom. The molecule has 0 aliphatic heterocycles. The van der Waals surface area contributed by atoms with E-state index in [2.05, 4.69) is 25.8 Å². The minimum Gasteiger partial charge on any atom is -0.475 e. The highest BCUT2D eigenvalue weighted by atomic mass is 35.5. The van der Waals surface area contributed by atoms with Gasteiger partial charge in [-0.15, -0.1) is 0 Å². The first-order valence-electron chi connectivity index (χ1n) is 10.6. The number of alkyl halides is 4. The van der Waals surface area contributed by atoms with Gasteiger partial charge >= 0.3 is 12.1 Å². The number of hydrogen-bond donors (Lipinski definition) is 4. The van der Waals surface area contributed by atoms with Gasteiger partial charge in [-0.3, -0.25) is 14.7 Å². The van der Waals surface area contributed by atoms with Crippen molar-refractivity contribution < 1.29 is 41.4 Å². The first-order valence-corrected chi connectivity index (χ1v) is 11.0. The minimum atomic E-state index is -5.08. The fourth-order valence-electron chi connectivity index (χ4n) is 3.54. The third kappa shape index (κ3) is 5.37. The van der Waals surface area contributed by atoms with E-state index in [1.807, 2.05) is 0 Å². The standard InChI is InChI=1S/C20H15ClF2N6O2.C2HF3O2/c1-8(30)25-19-17(23)16(21)15(11-5-24-28-18(11)19)9-2-3-14-26-13(7-29(14)6-9)27-20(31)10-4-12(10)22;3-2(4,5)1(6)7/h2-3,5-7,10,12H,4H2,1H3,(H,24,28)(H,25,30)(H,27,31);(H,6,7)/t10-,12+;/m1./s1. The molecule has 2 atom stereocenters. The molecule has 1 aliphatic rings. The molecule has 4 aromatic rings. The van der Waals surface area contributed by atoms with Crippen LogP contribution in [0.15, 0.2) is 30.7 Å². The number of carbonyl (C=O) groups is 3. The van der Waals surface area contributed by atoms with Gasteiger partial charge in [-0.25, -0.2) is 18.6 Å². The van der Waals surface area contributed by atoms with Crippen LogP contribution in [0.5, 0.6) is 0 Å². The van der Waals surface area contributed by atoms with Crippen LogP contribution in [0.2, 0.25) is 5.02 Å². The van der Waals surface area contributed by atoms with Crippen molar-refractivity contribution in [3.05, 3.63) is 41.6 Å². The summed E-state index contributed by atoms with van der Waals surface area (Å²) in [7, 11) is 0. The van der Waals surface area contributed by atoms with Gasteiger partial charge in [0.05, 0.1) is 28.9 Å². The van der Waals surface area contributed by atoms with Crippen molar-refractivity contribution in [1.29, 1.82) is 0 Å². The Bertz CT molecular complexity index is 1580. The van der Waals surface area contributed by atoms with Crippen molar-refractivity contribution >= 4 is 57.4 Å². The molecule has 200 valence electrons. The lowest BCUT2D eigenvalue weighted by Gasteiger charge is -2.13. The summed E-state index contributed by atoms with van der Waals surface area (Å²) in [5, 5.41) is 19.2. The van der Waals surface area contributed by atoms with Crippen LogP contribution in [0.1, 0.15) is 13.3 Å². The number of carbonyl (C=O) groups excluding carboxylic acids is 2. The molecule has 0 radical (unpaired) electrons. The largest absolute Gasteiger partial charge is 0.490 e. The number of H-pyrrole nitrogens is 1. The summed E-state index contributed by atoms with van der Waals surface area (Å²) in [4.78, 5) is 36.6. The number of nitrogens with one attached hydrogen (secondary N) is 3. The van der Waals surface area contributed by atoms with Crippen molar-refractivity contribution in [3.8, 4) is 11.1 Å². The number of aliphatic carboxylic acids is 1. The van der Waals surface area contributed by atoms with Crippen molar-refractivity contribution in [2.75, 3.05) is 10.6 Å². The number of carboxylic acid groups (broad SMARTS) is 1. The average Bonchev–Trinajstić information content (AvgIpc) is 3.19. The van der Waals surface area contributed by atoms with E-state index in [-0.39, 0.29) is 22.9 Å². The van der Waals surface area contributed by atoms with E-state index in [4.69, 9.17) is 21.5 Å². The number of anilines is 2. The van der Waals surface area contributed by atoms with E-state index in [1.165, 1.54) is 13.1 Å². The summed E-state index contributed by atoms with van der Waals surface area (Å²) in [6.45, 7) is 1.27. The van der Waals surface area contributed by atoms with Gasteiger partial charge in [0.1, 0.15) is 17.5 Å². The number of benzene rings is 1. The molecule has 1 aliphatic carbocycles. The van der Waals surface area contributed by atoms with Crippen LogP contribution in [0.25, 0.3) is 27.7 Å². The van der Waals surface area contributed by atoms with Gasteiger partial charge in [-0.2, -0.15) is 18.3 Å². The van der Waals surface area contributed by atoms with Crippen LogP contribution in [0.3, 0.4) is 0 Å². The number of nitrogens with zero attached hydrogens (tertiary/aromatic N) is 3. The second-order valence-electron chi connectivity index (χ2n) is 8.18. The van der Waals surface area contributed by atoms with Crippen LogP contribution < -0.4 is 10.6 Å². The maximum absolute atomic E-state index is 15.0. The molecule has 16 heteroatoms.